The number of amides is 1. The molecule has 0 radical (unpaired) electrons. The predicted octanol–water partition coefficient (Wildman–Crippen LogP) is 2.15. The maximum Gasteiger partial charge on any atom is 0.284 e. The number of nitro groups is 1. The lowest BCUT2D eigenvalue weighted by molar-refractivity contribution is -0.917. The Morgan fingerprint density at radius 2 is 1.89 bits per heavy atom. The number of carbonyl (C=O) groups excluding carboxylic acids is 1. The third-order valence-electron chi connectivity index (χ3n) is 5.52. The highest BCUT2D eigenvalue weighted by Gasteiger charge is 2.38. The zero-order valence-corrected chi connectivity index (χ0v) is 15.7. The van der Waals surface area contributed by atoms with Crippen molar-refractivity contribution in [2.75, 3.05) is 19.6 Å². The summed E-state index contributed by atoms with van der Waals surface area (Å²) in [5, 5.41) is 14.7. The molecule has 3 aliphatic rings. The van der Waals surface area contributed by atoms with Crippen molar-refractivity contribution >= 4 is 23.4 Å². The van der Waals surface area contributed by atoms with Gasteiger partial charge in [0, 0.05) is 29.4 Å². The number of hydrogen-bond donors (Lipinski definition) is 2. The number of piperidine rings is 3. The van der Waals surface area contributed by atoms with Gasteiger partial charge in [0.05, 0.1) is 35.5 Å². The zero-order valence-electron chi connectivity index (χ0n) is 14.9. The first kappa shape index (κ1) is 18.0. The second kappa shape index (κ2) is 7.70. The van der Waals surface area contributed by atoms with E-state index in [1.807, 2.05) is 30.3 Å². The molecule has 1 atom stereocenters. The van der Waals surface area contributed by atoms with Crippen molar-refractivity contribution in [3.8, 4) is 0 Å². The van der Waals surface area contributed by atoms with Gasteiger partial charge < -0.3 is 10.2 Å². The van der Waals surface area contributed by atoms with Crippen LogP contribution in [0.25, 0.3) is 0 Å². The highest BCUT2D eigenvalue weighted by Crippen LogP contribution is 2.35. The maximum absolute atomic E-state index is 12.7. The van der Waals surface area contributed by atoms with E-state index in [0.29, 0.717) is 16.4 Å². The average Bonchev–Trinajstić information content (AvgIpc) is 2.70. The molecule has 3 heterocycles. The van der Waals surface area contributed by atoms with Crippen LogP contribution in [-0.2, 0) is 0 Å². The minimum absolute atomic E-state index is 0.0314. The molecule has 6 nitrogen and oxygen atoms in total. The van der Waals surface area contributed by atoms with Gasteiger partial charge in [-0.15, -0.1) is 0 Å². The topological polar surface area (TPSA) is 76.7 Å². The van der Waals surface area contributed by atoms with E-state index in [-0.39, 0.29) is 17.6 Å². The third kappa shape index (κ3) is 3.99. The van der Waals surface area contributed by atoms with Crippen LogP contribution in [0.2, 0.25) is 0 Å². The predicted molar refractivity (Wildman–Crippen MR) is 103 cm³/mol. The van der Waals surface area contributed by atoms with E-state index < -0.39 is 4.92 Å². The van der Waals surface area contributed by atoms with Gasteiger partial charge in [0.15, 0.2) is 0 Å². The first-order chi connectivity index (χ1) is 13.1. The van der Waals surface area contributed by atoms with E-state index in [2.05, 4.69) is 5.32 Å². The van der Waals surface area contributed by atoms with Gasteiger partial charge in [0.25, 0.3) is 11.6 Å². The Morgan fingerprint density at radius 3 is 2.52 bits per heavy atom. The Balaban J connectivity index is 1.52. The van der Waals surface area contributed by atoms with Crippen LogP contribution in [0.4, 0.5) is 5.69 Å². The molecule has 2 bridgehead atoms. The minimum Gasteiger partial charge on any atom is -0.343 e. The molecule has 2 aromatic carbocycles. The van der Waals surface area contributed by atoms with Crippen molar-refractivity contribution in [1.29, 1.82) is 0 Å². The van der Waals surface area contributed by atoms with E-state index in [1.165, 1.54) is 30.9 Å². The number of carbonyl (C=O) groups is 1. The van der Waals surface area contributed by atoms with E-state index in [9.17, 15) is 14.9 Å². The monoisotopic (exact) mass is 384 g/mol. The summed E-state index contributed by atoms with van der Waals surface area (Å²) in [5.41, 5.74) is 0.321. The Kier molecular flexibility index (Phi) is 5.13. The number of rotatable bonds is 5. The lowest BCUT2D eigenvalue weighted by Crippen LogP contribution is -3.17. The molecule has 0 saturated carbocycles. The highest BCUT2D eigenvalue weighted by atomic mass is 32.2. The van der Waals surface area contributed by atoms with Crippen molar-refractivity contribution in [3.05, 3.63) is 64.2 Å². The van der Waals surface area contributed by atoms with Gasteiger partial charge in [-0.05, 0) is 30.2 Å². The van der Waals surface area contributed by atoms with Gasteiger partial charge in [-0.25, -0.2) is 0 Å². The molecule has 3 aliphatic heterocycles. The molecule has 0 aromatic heterocycles. The van der Waals surface area contributed by atoms with Gasteiger partial charge in [-0.1, -0.05) is 30.0 Å². The van der Waals surface area contributed by atoms with E-state index in [0.717, 1.165) is 24.3 Å². The first-order valence-electron chi connectivity index (χ1n) is 9.26. The summed E-state index contributed by atoms with van der Waals surface area (Å²) in [6, 6.07) is 14.4. The Labute approximate surface area is 162 Å². The van der Waals surface area contributed by atoms with Crippen molar-refractivity contribution in [3.63, 3.8) is 0 Å². The summed E-state index contributed by atoms with van der Waals surface area (Å²) in [5.74, 6) is 0.321. The van der Waals surface area contributed by atoms with E-state index in [4.69, 9.17) is 0 Å². The van der Waals surface area contributed by atoms with Gasteiger partial charge in [0.1, 0.15) is 0 Å². The highest BCUT2D eigenvalue weighted by molar-refractivity contribution is 7.99. The average molecular weight is 384 g/mol. The molecule has 0 unspecified atom stereocenters. The third-order valence-corrected chi connectivity index (χ3v) is 6.59. The molecule has 2 aromatic rings. The second-order valence-corrected chi connectivity index (χ2v) is 8.34. The number of quaternary nitrogens is 1. The minimum atomic E-state index is -0.416. The summed E-state index contributed by atoms with van der Waals surface area (Å²) in [6.07, 6.45) is 2.29. The summed E-state index contributed by atoms with van der Waals surface area (Å²) >= 11 is 1.33. The van der Waals surface area contributed by atoms with Crippen molar-refractivity contribution in [2.45, 2.75) is 28.7 Å². The number of nitrogens with one attached hydrogen (secondary N) is 2. The lowest BCUT2D eigenvalue weighted by Gasteiger charge is -2.42. The van der Waals surface area contributed by atoms with Crippen LogP contribution in [0.15, 0.2) is 58.3 Å². The SMILES string of the molecule is O=C(N[C@@H]1C[NH+]2CCC1CC2)c1ccc(Sc2ccccc2)c([N+](=O)[O-])c1. The van der Waals surface area contributed by atoms with Crippen LogP contribution in [0, 0.1) is 16.0 Å². The number of fused-ring (bicyclic) bond motifs is 3. The quantitative estimate of drug-likeness (QED) is 0.612. The second-order valence-electron chi connectivity index (χ2n) is 7.23. The molecular weight excluding hydrogens is 362 g/mol. The number of benzene rings is 2. The fourth-order valence-electron chi connectivity index (χ4n) is 4.06. The Hall–Kier alpha value is -2.38. The van der Waals surface area contributed by atoms with Crippen LogP contribution < -0.4 is 10.2 Å². The fraction of sp³-hybridized carbons (Fsp3) is 0.350. The molecule has 3 fully saturated rings. The summed E-state index contributed by atoms with van der Waals surface area (Å²) in [7, 11) is 0. The molecule has 0 aliphatic carbocycles. The normalized spacial score (nSPS) is 23.8. The van der Waals surface area contributed by atoms with Gasteiger partial charge >= 0.3 is 0 Å². The number of nitro benzene ring substituents is 1. The maximum atomic E-state index is 12.7. The van der Waals surface area contributed by atoms with Crippen molar-refractivity contribution in [2.24, 2.45) is 5.92 Å². The molecule has 1 amide bonds. The number of nitrogens with zero attached hydrogens (tertiary/aromatic N) is 1. The molecule has 3 saturated heterocycles. The molecule has 140 valence electrons. The van der Waals surface area contributed by atoms with Crippen LogP contribution in [0.3, 0.4) is 0 Å². The van der Waals surface area contributed by atoms with Crippen molar-refractivity contribution < 1.29 is 14.6 Å². The zero-order chi connectivity index (χ0) is 18.8. The fourth-order valence-corrected chi connectivity index (χ4v) is 4.98. The molecule has 5 rings (SSSR count). The summed E-state index contributed by atoms with van der Waals surface area (Å²) in [6.45, 7) is 3.34. The molecule has 27 heavy (non-hydrogen) atoms. The molecule has 0 spiro atoms. The molecule has 7 heteroatoms. The molecular formula is C20H22N3O3S+. The van der Waals surface area contributed by atoms with Gasteiger partial charge in [-0.3, -0.25) is 14.9 Å². The Bertz CT molecular complexity index is 851. The largest absolute Gasteiger partial charge is 0.343 e. The lowest BCUT2D eigenvalue weighted by atomic mass is 9.84. The first-order valence-corrected chi connectivity index (χ1v) is 10.1. The van der Waals surface area contributed by atoms with E-state index >= 15 is 0 Å². The smallest absolute Gasteiger partial charge is 0.284 e. The summed E-state index contributed by atoms with van der Waals surface area (Å²) in [4.78, 5) is 26.8. The Morgan fingerprint density at radius 1 is 1.15 bits per heavy atom. The number of hydrogen-bond acceptors (Lipinski definition) is 4. The van der Waals surface area contributed by atoms with Crippen LogP contribution in [0.1, 0.15) is 23.2 Å². The van der Waals surface area contributed by atoms with Crippen molar-refractivity contribution in [1.82, 2.24) is 5.32 Å². The molecule has 2 N–H and O–H groups in total. The van der Waals surface area contributed by atoms with Gasteiger partial charge in [0.2, 0.25) is 0 Å². The summed E-state index contributed by atoms with van der Waals surface area (Å²) < 4.78 is 0. The van der Waals surface area contributed by atoms with Crippen LogP contribution in [0.5, 0.6) is 0 Å². The van der Waals surface area contributed by atoms with E-state index in [1.54, 1.807) is 17.0 Å². The van der Waals surface area contributed by atoms with Gasteiger partial charge in [-0.2, -0.15) is 0 Å². The van der Waals surface area contributed by atoms with Crippen LogP contribution >= 0.6 is 11.8 Å². The van der Waals surface area contributed by atoms with Crippen LogP contribution in [-0.4, -0.2) is 36.5 Å². The standard InChI is InChI=1S/C20H21N3O3S/c24-20(21-17-13-22-10-8-14(17)9-11-22)15-6-7-19(18(12-15)23(25)26)27-16-4-2-1-3-5-16/h1-7,12,14,17H,8-11,13H2,(H,21,24)/p+1/t17-/m1/s1.